The van der Waals surface area contributed by atoms with Gasteiger partial charge in [-0.3, -0.25) is 39.5 Å². The number of benzene rings is 12. The van der Waals surface area contributed by atoms with Gasteiger partial charge in [0.1, 0.15) is 66.0 Å². The molecule has 0 aliphatic heterocycles. The van der Waals surface area contributed by atoms with Gasteiger partial charge in [0.25, 0.3) is 0 Å². The molecular formula is C116H102F2N24O. The van der Waals surface area contributed by atoms with Gasteiger partial charge in [-0.15, -0.1) is 40.8 Å². The van der Waals surface area contributed by atoms with E-state index in [1.54, 1.807) is 44.6 Å². The van der Waals surface area contributed by atoms with Crippen molar-refractivity contribution in [3.05, 3.63) is 496 Å². The molecule has 27 heteroatoms. The topological polar surface area (TPSA) is 292 Å². The van der Waals surface area contributed by atoms with Gasteiger partial charge >= 0.3 is 0 Å². The highest BCUT2D eigenvalue weighted by Crippen LogP contribution is 2.25. The van der Waals surface area contributed by atoms with Gasteiger partial charge in [0.15, 0.2) is 0 Å². The predicted octanol–water partition coefficient (Wildman–Crippen LogP) is 20.2. The van der Waals surface area contributed by atoms with Crippen molar-refractivity contribution < 1.29 is 13.5 Å². The first kappa shape index (κ1) is 97.0. The van der Waals surface area contributed by atoms with Crippen LogP contribution in [0.4, 0.5) is 8.78 Å². The zero-order valence-corrected chi connectivity index (χ0v) is 79.1. The number of para-hydroxylation sites is 4. The molecule has 706 valence electrons. The molecule has 0 N–H and O–H groups in total. The minimum Gasteiger partial charge on any atom is -0.497 e. The van der Waals surface area contributed by atoms with Gasteiger partial charge in [0.2, 0.25) is 0 Å². The van der Waals surface area contributed by atoms with Crippen molar-refractivity contribution in [2.24, 2.45) is 0 Å². The van der Waals surface area contributed by atoms with Crippen LogP contribution in [0.25, 0.3) is 43.6 Å². The lowest BCUT2D eigenvalue weighted by Gasteiger charge is -2.22. The first-order valence-corrected chi connectivity index (χ1v) is 47.2. The first-order chi connectivity index (χ1) is 70.3. The van der Waals surface area contributed by atoms with Crippen molar-refractivity contribution in [1.29, 1.82) is 21.0 Å². The highest BCUT2D eigenvalue weighted by Gasteiger charge is 2.21. The maximum atomic E-state index is 13.5. The van der Waals surface area contributed by atoms with E-state index in [-0.39, 0.29) is 11.6 Å². The van der Waals surface area contributed by atoms with Crippen molar-refractivity contribution in [2.75, 3.05) is 26.7 Å². The van der Waals surface area contributed by atoms with Gasteiger partial charge in [-0.1, -0.05) is 212 Å². The molecule has 0 aliphatic rings. The van der Waals surface area contributed by atoms with Crippen LogP contribution in [0.15, 0.2) is 371 Å². The lowest BCUT2D eigenvalue weighted by molar-refractivity contribution is 0.235. The molecule has 12 aromatic carbocycles. The molecule has 8 aromatic heterocycles. The van der Waals surface area contributed by atoms with E-state index in [0.717, 1.165) is 174 Å². The molecule has 0 saturated carbocycles. The van der Waals surface area contributed by atoms with Crippen molar-refractivity contribution in [2.45, 2.75) is 104 Å². The summed E-state index contributed by atoms with van der Waals surface area (Å²) in [5.74, 6) is 3.84. The van der Waals surface area contributed by atoms with Crippen molar-refractivity contribution in [3.63, 3.8) is 0 Å². The first-order valence-electron chi connectivity index (χ1n) is 47.2. The maximum absolute atomic E-state index is 13.5. The van der Waals surface area contributed by atoms with Crippen molar-refractivity contribution in [1.82, 2.24) is 98.6 Å². The number of aromatic nitrogens is 16. The zero-order chi connectivity index (χ0) is 98.1. The average Bonchev–Trinajstić information content (AvgIpc) is 1.71. The molecule has 25 nitrogen and oxygen atoms in total. The van der Waals surface area contributed by atoms with Crippen LogP contribution in [0.1, 0.15) is 113 Å². The number of nitriles is 4. The SMILES string of the molecule is COc1ccc(CCN(Cc2ccc3ccccc3n2)Cc2nncn2Cc2ccc(C#N)cc2)cc1.N#Cc1ccc(Cn2cnnc2CN(CCc2ccc(F)cc2)Cc2ccc3ccccc3n2)cc1.N#Cc1ccc(Cn2cnnc2CN(CCc2ccccc2)Cc2ccc3ccccc3n2)cc1.N#Cc1ccc(Cn2cnnc2CN(Cc2ccc(F)cc2)Cc2ccc3ccccc3n2)cc1. The van der Waals surface area contributed by atoms with Crippen molar-refractivity contribution in [3.8, 4) is 30.0 Å². The minimum absolute atomic E-state index is 0.230. The van der Waals surface area contributed by atoms with E-state index in [1.165, 1.54) is 35.4 Å². The molecule has 0 unspecified atom stereocenters. The maximum Gasteiger partial charge on any atom is 0.147 e. The fraction of sp³-hybridized carbons (Fsp3) is 0.172. The number of halogens is 2. The number of hydrogen-bond acceptors (Lipinski definition) is 21. The Bertz CT molecular complexity index is 7730. The van der Waals surface area contributed by atoms with Crippen LogP contribution in [0, 0.1) is 57.0 Å². The number of nitrogens with zero attached hydrogens (tertiary/aromatic N) is 24. The zero-order valence-electron chi connectivity index (χ0n) is 79.1. The number of pyridine rings is 4. The molecule has 0 fully saturated rings. The summed E-state index contributed by atoms with van der Waals surface area (Å²) in [7, 11) is 1.68. The normalized spacial score (nSPS) is 11.1. The van der Waals surface area contributed by atoms with Gasteiger partial charge in [-0.2, -0.15) is 21.0 Å². The second-order valence-electron chi connectivity index (χ2n) is 34.8. The molecule has 0 atom stereocenters. The van der Waals surface area contributed by atoms with E-state index in [1.807, 2.05) is 209 Å². The summed E-state index contributed by atoms with van der Waals surface area (Å²) in [5, 5.41) is 75.0. The van der Waals surface area contributed by atoms with Gasteiger partial charge in [0.05, 0.1) is 151 Å². The molecule has 20 aromatic rings. The molecule has 0 amide bonds. The molecule has 20 rings (SSSR count). The monoisotopic (exact) mass is 1880 g/mol. The lowest BCUT2D eigenvalue weighted by atomic mass is 10.1. The van der Waals surface area contributed by atoms with Crippen LogP contribution in [0.3, 0.4) is 0 Å². The third kappa shape index (κ3) is 28.1. The van der Waals surface area contributed by atoms with E-state index in [0.29, 0.717) is 101 Å². The van der Waals surface area contributed by atoms with E-state index >= 15 is 0 Å². The lowest BCUT2D eigenvalue weighted by Crippen LogP contribution is -2.27. The fourth-order valence-electron chi connectivity index (χ4n) is 16.8. The minimum atomic E-state index is -0.251. The largest absolute Gasteiger partial charge is 0.497 e. The van der Waals surface area contributed by atoms with E-state index in [9.17, 15) is 8.78 Å². The molecular weight excluding hydrogens is 1780 g/mol. The number of hydrogen-bond donors (Lipinski definition) is 0. The number of ether oxygens (including phenoxy) is 1. The predicted molar refractivity (Wildman–Crippen MR) is 547 cm³/mol. The van der Waals surface area contributed by atoms with Gasteiger partial charge < -0.3 is 23.0 Å². The highest BCUT2D eigenvalue weighted by molar-refractivity contribution is 5.81. The second kappa shape index (κ2) is 49.0. The highest BCUT2D eigenvalue weighted by atomic mass is 19.1. The fourth-order valence-corrected chi connectivity index (χ4v) is 16.8. The molecule has 0 saturated heterocycles. The van der Waals surface area contributed by atoms with Crippen LogP contribution in [-0.2, 0) is 104 Å². The quantitative estimate of drug-likeness (QED) is 0.0352. The van der Waals surface area contributed by atoms with Gasteiger partial charge in [-0.05, 0) is 197 Å². The van der Waals surface area contributed by atoms with E-state index in [4.69, 9.17) is 45.7 Å². The Balaban J connectivity index is 0.000000131. The Morgan fingerprint density at radius 3 is 0.797 bits per heavy atom. The van der Waals surface area contributed by atoms with E-state index < -0.39 is 0 Å². The Hall–Kier alpha value is -17.7. The third-order valence-corrected chi connectivity index (χ3v) is 24.5. The number of fused-ring (bicyclic) bond motifs is 4. The summed E-state index contributed by atoms with van der Waals surface area (Å²) < 4.78 is 40.3. The molecule has 143 heavy (non-hydrogen) atoms. The summed E-state index contributed by atoms with van der Waals surface area (Å²) >= 11 is 0. The summed E-state index contributed by atoms with van der Waals surface area (Å²) in [6.45, 7) is 10.7. The van der Waals surface area contributed by atoms with Gasteiger partial charge in [0, 0.05) is 73.9 Å². The molecule has 0 bridgehead atoms. The summed E-state index contributed by atoms with van der Waals surface area (Å²) in [6, 6.07) is 120. The Kier molecular flexibility index (Phi) is 33.3. The Labute approximate surface area is 828 Å². The van der Waals surface area contributed by atoms with Gasteiger partial charge in [-0.25, -0.2) is 8.78 Å². The van der Waals surface area contributed by atoms with Crippen LogP contribution >= 0.6 is 0 Å². The number of rotatable bonds is 36. The number of methoxy groups -OCH3 is 1. The van der Waals surface area contributed by atoms with Crippen molar-refractivity contribution >= 4 is 43.6 Å². The van der Waals surface area contributed by atoms with Crippen LogP contribution in [0.2, 0.25) is 0 Å². The summed E-state index contributed by atoms with van der Waals surface area (Å²) in [6.07, 6.45) is 9.61. The molecule has 0 spiro atoms. The molecule has 8 heterocycles. The Morgan fingerprint density at radius 2 is 0.503 bits per heavy atom. The smallest absolute Gasteiger partial charge is 0.147 e. The van der Waals surface area contributed by atoms with Crippen LogP contribution in [-0.4, -0.2) is 125 Å². The second-order valence-corrected chi connectivity index (χ2v) is 34.8. The molecule has 0 aliphatic carbocycles. The van der Waals surface area contributed by atoms with E-state index in [2.05, 4.69) is 203 Å². The standard InChI is InChI=1S/C30H28N6O.C29H25FN6.C29H26N6.C28H23FN6/c1-37-28-14-10-23(11-15-28)16-17-35(20-27-13-12-26-4-2-3-5-29(26)33-27)21-30-34-32-22-36(30)19-25-8-6-24(18-31)7-9-25;30-26-12-9-22(10-13-26)15-16-35(19-27-14-11-25-3-1-2-4-28(25)33-27)20-29-34-32-21-36(29)18-24-7-5-23(17-31)6-8-24;30-18-24-10-12-25(13-11-24)19-35-22-31-33-29(35)21-34(17-16-23-6-2-1-3-7-23)20-27-15-14-26-8-4-5-9-28(26)32-27;29-25-12-9-22(10-13-25)16-34(18-26-14-11-24-3-1-2-4-27(24)32-26)19-28-33-31-20-35(28)17-23-7-5-21(15-30)6-8-23/h2-15,22H,16-17,19-21H2,1H3;1-14,21H,15-16,18-20H2;1-15,22H,16-17,19-21H2;1-14,20H,16-19H2. The molecule has 0 radical (unpaired) electrons. The summed E-state index contributed by atoms with van der Waals surface area (Å²) in [4.78, 5) is 28.7. The third-order valence-electron chi connectivity index (χ3n) is 24.5. The Morgan fingerprint density at radius 1 is 0.252 bits per heavy atom. The summed E-state index contributed by atoms with van der Waals surface area (Å²) in [5.41, 5.74) is 19.5. The van der Waals surface area contributed by atoms with Crippen LogP contribution in [0.5, 0.6) is 5.75 Å². The average molecular weight is 1890 g/mol. The van der Waals surface area contributed by atoms with Crippen LogP contribution < -0.4 is 4.74 Å².